The number of hydrogen-bond acceptors (Lipinski definition) is 3. The van der Waals surface area contributed by atoms with Gasteiger partial charge in [0.25, 0.3) is 0 Å². The van der Waals surface area contributed by atoms with E-state index < -0.39 is 6.23 Å². The summed E-state index contributed by atoms with van der Waals surface area (Å²) in [6.45, 7) is 2.15. The van der Waals surface area contributed by atoms with Gasteiger partial charge in [0.15, 0.2) is 0 Å². The summed E-state index contributed by atoms with van der Waals surface area (Å²) in [4.78, 5) is 0. The molecule has 0 saturated heterocycles. The molecular weight excluding hydrogens is 431 g/mol. The minimum absolute atomic E-state index is 0.0923. The fraction of sp³-hybridized carbons (Fsp3) is 0.208. The summed E-state index contributed by atoms with van der Waals surface area (Å²) in [5.41, 5.74) is 5.49. The minimum atomic E-state index is -0.404. The topological polar surface area (TPSA) is 24.8 Å². The molecule has 2 aliphatic rings. The van der Waals surface area contributed by atoms with Crippen LogP contribution in [0, 0.1) is 5.82 Å². The SMILES string of the molecule is CCc1ccc(C2=NN3C(C2)c2ccccc2OC3c2ccc(F)c(Br)c2)cc1. The van der Waals surface area contributed by atoms with E-state index in [1.807, 2.05) is 23.2 Å². The van der Waals surface area contributed by atoms with E-state index >= 15 is 0 Å². The fourth-order valence-electron chi connectivity index (χ4n) is 4.03. The second kappa shape index (κ2) is 7.30. The minimum Gasteiger partial charge on any atom is -0.464 e. The van der Waals surface area contributed by atoms with E-state index in [4.69, 9.17) is 9.84 Å². The van der Waals surface area contributed by atoms with E-state index in [2.05, 4.69) is 53.2 Å². The van der Waals surface area contributed by atoms with Crippen molar-refractivity contribution in [1.29, 1.82) is 0 Å². The summed E-state index contributed by atoms with van der Waals surface area (Å²) in [5, 5.41) is 6.98. The molecule has 0 N–H and O–H groups in total. The van der Waals surface area contributed by atoms with E-state index in [0.717, 1.165) is 41.0 Å². The number of para-hydroxylation sites is 1. The van der Waals surface area contributed by atoms with Gasteiger partial charge in [-0.3, -0.25) is 0 Å². The second-order valence-corrected chi connectivity index (χ2v) is 8.23. The normalized spacial score (nSPS) is 20.0. The molecule has 0 bridgehead atoms. The van der Waals surface area contributed by atoms with Crippen molar-refractivity contribution in [3.05, 3.63) is 99.3 Å². The van der Waals surface area contributed by atoms with Gasteiger partial charge in [-0.15, -0.1) is 0 Å². The van der Waals surface area contributed by atoms with E-state index in [1.54, 1.807) is 12.1 Å². The second-order valence-electron chi connectivity index (χ2n) is 7.38. The Kier molecular flexibility index (Phi) is 4.63. The molecule has 2 unspecified atom stereocenters. The van der Waals surface area contributed by atoms with Crippen LogP contribution in [-0.4, -0.2) is 10.7 Å². The van der Waals surface area contributed by atoms with Crippen molar-refractivity contribution in [2.24, 2.45) is 5.10 Å². The summed E-state index contributed by atoms with van der Waals surface area (Å²) in [7, 11) is 0. The van der Waals surface area contributed by atoms with Gasteiger partial charge in [-0.25, -0.2) is 9.40 Å². The average Bonchev–Trinajstić information content (AvgIpc) is 3.21. The molecule has 29 heavy (non-hydrogen) atoms. The Labute approximate surface area is 177 Å². The predicted molar refractivity (Wildman–Crippen MR) is 115 cm³/mol. The van der Waals surface area contributed by atoms with E-state index in [9.17, 15) is 4.39 Å². The molecule has 5 rings (SSSR count). The van der Waals surface area contributed by atoms with Gasteiger partial charge in [-0.05, 0) is 51.7 Å². The molecule has 0 aliphatic carbocycles. The Morgan fingerprint density at radius 2 is 1.90 bits per heavy atom. The molecule has 2 heterocycles. The van der Waals surface area contributed by atoms with E-state index in [0.29, 0.717) is 4.47 Å². The number of halogens is 2. The molecular formula is C24H20BrFN2O. The van der Waals surface area contributed by atoms with Crippen molar-refractivity contribution < 1.29 is 9.13 Å². The lowest BCUT2D eigenvalue weighted by atomic mass is 9.95. The van der Waals surface area contributed by atoms with Crippen LogP contribution in [0.5, 0.6) is 5.75 Å². The monoisotopic (exact) mass is 450 g/mol. The maximum Gasteiger partial charge on any atom is 0.213 e. The van der Waals surface area contributed by atoms with Crippen LogP contribution in [0.15, 0.2) is 76.3 Å². The lowest BCUT2D eigenvalue weighted by Gasteiger charge is -2.38. The Bertz CT molecular complexity index is 1100. The maximum atomic E-state index is 13.8. The van der Waals surface area contributed by atoms with Crippen LogP contribution < -0.4 is 4.74 Å². The van der Waals surface area contributed by atoms with Crippen molar-refractivity contribution in [2.75, 3.05) is 0 Å². The summed E-state index contributed by atoms with van der Waals surface area (Å²) < 4.78 is 20.5. The lowest BCUT2D eigenvalue weighted by molar-refractivity contribution is -0.0191. The number of aryl methyl sites for hydroxylation is 1. The highest BCUT2D eigenvalue weighted by molar-refractivity contribution is 9.10. The van der Waals surface area contributed by atoms with Crippen LogP contribution in [0.3, 0.4) is 0 Å². The molecule has 0 saturated carbocycles. The smallest absolute Gasteiger partial charge is 0.213 e. The van der Waals surface area contributed by atoms with Crippen molar-refractivity contribution >= 4 is 21.6 Å². The van der Waals surface area contributed by atoms with Crippen molar-refractivity contribution in [2.45, 2.75) is 32.0 Å². The largest absolute Gasteiger partial charge is 0.464 e. The zero-order chi connectivity index (χ0) is 20.0. The number of benzene rings is 3. The summed E-state index contributed by atoms with van der Waals surface area (Å²) in [6, 6.07) is 21.8. The standard InChI is InChI=1S/C24H20BrFN2O/c1-2-15-7-9-16(10-8-15)21-14-22-18-5-3-4-6-23(18)29-24(28(22)27-21)17-11-12-20(26)19(25)13-17/h3-13,22,24H,2,14H2,1H3. The molecule has 0 fully saturated rings. The Morgan fingerprint density at radius 1 is 1.10 bits per heavy atom. The first-order chi connectivity index (χ1) is 14.1. The summed E-state index contributed by atoms with van der Waals surface area (Å²) in [5.74, 6) is 0.570. The molecule has 3 aromatic carbocycles. The third-order valence-corrected chi connectivity index (χ3v) is 6.23. The first kappa shape index (κ1) is 18.4. The zero-order valence-electron chi connectivity index (χ0n) is 16.0. The zero-order valence-corrected chi connectivity index (χ0v) is 17.6. The number of ether oxygens (including phenoxy) is 1. The molecule has 5 heteroatoms. The van der Waals surface area contributed by atoms with Crippen molar-refractivity contribution in [3.63, 3.8) is 0 Å². The van der Waals surface area contributed by atoms with Gasteiger partial charge in [0.05, 0.1) is 16.2 Å². The van der Waals surface area contributed by atoms with Gasteiger partial charge in [-0.2, -0.15) is 5.10 Å². The van der Waals surface area contributed by atoms with E-state index in [-0.39, 0.29) is 11.9 Å². The first-order valence-electron chi connectivity index (χ1n) is 9.79. The number of rotatable bonds is 3. The highest BCUT2D eigenvalue weighted by Gasteiger charge is 2.40. The van der Waals surface area contributed by atoms with Gasteiger partial charge in [0, 0.05) is 17.5 Å². The van der Waals surface area contributed by atoms with Gasteiger partial charge < -0.3 is 4.74 Å². The molecule has 3 nitrogen and oxygen atoms in total. The van der Waals surface area contributed by atoms with Gasteiger partial charge in [-0.1, -0.05) is 55.5 Å². The highest BCUT2D eigenvalue weighted by atomic mass is 79.9. The van der Waals surface area contributed by atoms with Crippen LogP contribution in [0.25, 0.3) is 0 Å². The van der Waals surface area contributed by atoms with Gasteiger partial charge in [0.2, 0.25) is 6.23 Å². The molecule has 2 atom stereocenters. The number of hydrazone groups is 1. The molecule has 146 valence electrons. The molecule has 0 spiro atoms. The number of hydrogen-bond donors (Lipinski definition) is 0. The van der Waals surface area contributed by atoms with Crippen LogP contribution in [0.1, 0.15) is 47.9 Å². The number of fused-ring (bicyclic) bond motifs is 3. The Morgan fingerprint density at radius 3 is 2.66 bits per heavy atom. The maximum absolute atomic E-state index is 13.8. The van der Waals surface area contributed by atoms with Gasteiger partial charge >= 0.3 is 0 Å². The fourth-order valence-corrected chi connectivity index (χ4v) is 4.42. The molecule has 2 aliphatic heterocycles. The quantitative estimate of drug-likeness (QED) is 0.461. The lowest BCUT2D eigenvalue weighted by Crippen LogP contribution is -2.33. The average molecular weight is 451 g/mol. The third-order valence-electron chi connectivity index (χ3n) is 5.62. The third kappa shape index (κ3) is 3.23. The Hall–Kier alpha value is -2.66. The molecule has 0 radical (unpaired) electrons. The summed E-state index contributed by atoms with van der Waals surface area (Å²) in [6.07, 6.45) is 1.42. The summed E-state index contributed by atoms with van der Waals surface area (Å²) >= 11 is 3.29. The van der Waals surface area contributed by atoms with E-state index in [1.165, 1.54) is 11.6 Å². The predicted octanol–water partition coefficient (Wildman–Crippen LogP) is 6.39. The number of nitrogens with zero attached hydrogens (tertiary/aromatic N) is 2. The molecule has 3 aromatic rings. The van der Waals surface area contributed by atoms with Crippen LogP contribution in [0.2, 0.25) is 0 Å². The molecule has 0 aromatic heterocycles. The van der Waals surface area contributed by atoms with Crippen LogP contribution in [0.4, 0.5) is 4.39 Å². The highest BCUT2D eigenvalue weighted by Crippen LogP contribution is 2.47. The Balaban J connectivity index is 1.57. The van der Waals surface area contributed by atoms with Crippen molar-refractivity contribution in [1.82, 2.24) is 5.01 Å². The molecule has 0 amide bonds. The van der Waals surface area contributed by atoms with Crippen molar-refractivity contribution in [3.8, 4) is 5.75 Å². The van der Waals surface area contributed by atoms with Crippen LogP contribution in [-0.2, 0) is 6.42 Å². The first-order valence-corrected chi connectivity index (χ1v) is 10.6. The van der Waals surface area contributed by atoms with Crippen LogP contribution >= 0.6 is 15.9 Å². The van der Waals surface area contributed by atoms with Gasteiger partial charge in [0.1, 0.15) is 11.6 Å².